The summed E-state index contributed by atoms with van der Waals surface area (Å²) >= 11 is 0. The fourth-order valence-corrected chi connectivity index (χ4v) is 3.29. The molecule has 0 saturated carbocycles. The molecule has 0 bridgehead atoms. The van der Waals surface area contributed by atoms with Crippen molar-refractivity contribution >= 4 is 0 Å². The van der Waals surface area contributed by atoms with Crippen molar-refractivity contribution in [3.8, 4) is 0 Å². The summed E-state index contributed by atoms with van der Waals surface area (Å²) in [5.41, 5.74) is 0. The Labute approximate surface area is 131 Å². The highest BCUT2D eigenvalue weighted by molar-refractivity contribution is 4.97. The van der Waals surface area contributed by atoms with Gasteiger partial charge < -0.3 is 28.4 Å². The lowest BCUT2D eigenvalue weighted by molar-refractivity contribution is -0.228. The van der Waals surface area contributed by atoms with E-state index < -0.39 is 11.6 Å². The minimum absolute atomic E-state index is 0.0328. The van der Waals surface area contributed by atoms with E-state index in [1.54, 1.807) is 6.26 Å². The van der Waals surface area contributed by atoms with Crippen LogP contribution in [0.1, 0.15) is 34.6 Å². The Morgan fingerprint density at radius 2 is 1.82 bits per heavy atom. The third-order valence-corrected chi connectivity index (χ3v) is 4.14. The summed E-state index contributed by atoms with van der Waals surface area (Å²) in [7, 11) is 0. The largest absolute Gasteiger partial charge is 0.501 e. The SMILES string of the molecule is C/C=C/OC[C@H]1[C@@H]([C@H]2COC(C)(C)O2)OC2OC(C)(C)O[C@@H]21. The molecule has 3 saturated heterocycles. The van der Waals surface area contributed by atoms with Crippen LogP contribution in [0.25, 0.3) is 0 Å². The standard InChI is InChI=1S/C16H26O6/c1-6-7-17-8-10-12(11-9-18-15(2,3)20-11)19-14-13(10)21-16(4,5)22-14/h6-7,10-14H,8-9H2,1-5H3/b7-6+/t10-,11+,12-,13+,14?/m0/s1. The number of rotatable bonds is 4. The molecule has 22 heavy (non-hydrogen) atoms. The quantitative estimate of drug-likeness (QED) is 0.741. The fourth-order valence-electron chi connectivity index (χ4n) is 3.29. The zero-order chi connectivity index (χ0) is 16.0. The molecule has 0 aliphatic carbocycles. The molecule has 6 nitrogen and oxygen atoms in total. The molecule has 0 radical (unpaired) electrons. The number of fused-ring (bicyclic) bond motifs is 1. The first kappa shape index (κ1) is 16.2. The van der Waals surface area contributed by atoms with Gasteiger partial charge in [0.1, 0.15) is 12.2 Å². The van der Waals surface area contributed by atoms with Crippen molar-refractivity contribution in [3.05, 3.63) is 12.3 Å². The molecule has 1 unspecified atom stereocenters. The molecule has 3 aliphatic heterocycles. The molecular weight excluding hydrogens is 288 g/mol. The van der Waals surface area contributed by atoms with Gasteiger partial charge in [-0.1, -0.05) is 6.08 Å². The monoisotopic (exact) mass is 314 g/mol. The molecule has 0 aromatic carbocycles. The maximum Gasteiger partial charge on any atom is 0.188 e. The van der Waals surface area contributed by atoms with Gasteiger partial charge >= 0.3 is 0 Å². The zero-order valence-electron chi connectivity index (χ0n) is 13.9. The topological polar surface area (TPSA) is 55.4 Å². The average molecular weight is 314 g/mol. The lowest BCUT2D eigenvalue weighted by atomic mass is 9.95. The summed E-state index contributed by atoms with van der Waals surface area (Å²) < 4.78 is 35.1. The number of hydrogen-bond donors (Lipinski definition) is 0. The van der Waals surface area contributed by atoms with E-state index >= 15 is 0 Å². The predicted octanol–water partition coefficient (Wildman–Crippen LogP) is 2.18. The molecule has 3 aliphatic rings. The van der Waals surface area contributed by atoms with Gasteiger partial charge in [0.15, 0.2) is 17.9 Å². The summed E-state index contributed by atoms with van der Waals surface area (Å²) in [5, 5.41) is 0. The first-order valence-electron chi connectivity index (χ1n) is 7.87. The minimum atomic E-state index is -0.633. The second-order valence-electron chi connectivity index (χ2n) is 6.90. The summed E-state index contributed by atoms with van der Waals surface area (Å²) in [6, 6.07) is 0. The van der Waals surface area contributed by atoms with Crippen molar-refractivity contribution in [2.75, 3.05) is 13.2 Å². The lowest BCUT2D eigenvalue weighted by Gasteiger charge is -2.28. The fraction of sp³-hybridized carbons (Fsp3) is 0.875. The highest BCUT2D eigenvalue weighted by Gasteiger charge is 2.58. The van der Waals surface area contributed by atoms with Gasteiger partial charge in [0.2, 0.25) is 0 Å². The summed E-state index contributed by atoms with van der Waals surface area (Å²) in [5.74, 6) is -1.18. The van der Waals surface area contributed by atoms with Crippen LogP contribution in [-0.2, 0) is 28.4 Å². The van der Waals surface area contributed by atoms with Gasteiger partial charge in [-0.15, -0.1) is 0 Å². The Morgan fingerprint density at radius 1 is 1.05 bits per heavy atom. The minimum Gasteiger partial charge on any atom is -0.501 e. The van der Waals surface area contributed by atoms with Crippen molar-refractivity contribution in [2.24, 2.45) is 5.92 Å². The van der Waals surface area contributed by atoms with Crippen LogP contribution in [0, 0.1) is 5.92 Å². The van der Waals surface area contributed by atoms with Crippen LogP contribution in [0.15, 0.2) is 12.3 Å². The molecule has 0 spiro atoms. The number of ether oxygens (including phenoxy) is 6. The van der Waals surface area contributed by atoms with Gasteiger partial charge in [-0.2, -0.15) is 0 Å². The summed E-state index contributed by atoms with van der Waals surface area (Å²) in [4.78, 5) is 0. The molecular formula is C16H26O6. The van der Waals surface area contributed by atoms with Crippen LogP contribution >= 0.6 is 0 Å². The van der Waals surface area contributed by atoms with Crippen molar-refractivity contribution in [2.45, 2.75) is 70.8 Å². The van der Waals surface area contributed by atoms with Crippen LogP contribution in [0.2, 0.25) is 0 Å². The van der Waals surface area contributed by atoms with Crippen molar-refractivity contribution in [1.29, 1.82) is 0 Å². The van der Waals surface area contributed by atoms with Gasteiger partial charge in [0.05, 0.1) is 31.5 Å². The highest BCUT2D eigenvalue weighted by Crippen LogP contribution is 2.43. The third kappa shape index (κ3) is 3.16. The Balaban J connectivity index is 1.72. The van der Waals surface area contributed by atoms with E-state index in [9.17, 15) is 0 Å². The molecule has 0 aromatic rings. The first-order valence-corrected chi connectivity index (χ1v) is 7.87. The zero-order valence-corrected chi connectivity index (χ0v) is 13.9. The predicted molar refractivity (Wildman–Crippen MR) is 77.9 cm³/mol. The van der Waals surface area contributed by atoms with E-state index in [1.807, 2.05) is 40.7 Å². The van der Waals surface area contributed by atoms with E-state index in [-0.39, 0.29) is 30.5 Å². The number of allylic oxidation sites excluding steroid dienone is 1. The van der Waals surface area contributed by atoms with Crippen LogP contribution in [-0.4, -0.2) is 49.4 Å². The Kier molecular flexibility index (Phi) is 4.24. The smallest absolute Gasteiger partial charge is 0.188 e. The molecule has 3 heterocycles. The molecule has 0 amide bonds. The van der Waals surface area contributed by atoms with Gasteiger partial charge in [0, 0.05) is 0 Å². The molecule has 5 atom stereocenters. The van der Waals surface area contributed by atoms with Crippen LogP contribution in [0.3, 0.4) is 0 Å². The molecule has 0 N–H and O–H groups in total. The van der Waals surface area contributed by atoms with Crippen molar-refractivity contribution in [3.63, 3.8) is 0 Å². The first-order chi connectivity index (χ1) is 10.3. The van der Waals surface area contributed by atoms with E-state index in [1.165, 1.54) is 0 Å². The second kappa shape index (κ2) is 5.76. The number of hydrogen-bond acceptors (Lipinski definition) is 6. The maximum absolute atomic E-state index is 6.09. The molecule has 3 rings (SSSR count). The summed E-state index contributed by atoms with van der Waals surface area (Å²) in [6.07, 6.45) is 2.69. The van der Waals surface area contributed by atoms with Gasteiger partial charge in [0.25, 0.3) is 0 Å². The molecule has 126 valence electrons. The lowest BCUT2D eigenvalue weighted by Crippen LogP contribution is -2.41. The van der Waals surface area contributed by atoms with E-state index in [4.69, 9.17) is 28.4 Å². The van der Waals surface area contributed by atoms with E-state index in [0.717, 1.165) is 0 Å². The Morgan fingerprint density at radius 3 is 2.45 bits per heavy atom. The van der Waals surface area contributed by atoms with Crippen LogP contribution in [0.5, 0.6) is 0 Å². The van der Waals surface area contributed by atoms with Crippen LogP contribution in [0.4, 0.5) is 0 Å². The van der Waals surface area contributed by atoms with E-state index in [0.29, 0.717) is 13.2 Å². The average Bonchev–Trinajstić information content (AvgIpc) is 3.01. The van der Waals surface area contributed by atoms with E-state index in [2.05, 4.69) is 0 Å². The highest BCUT2D eigenvalue weighted by atomic mass is 16.8. The van der Waals surface area contributed by atoms with Crippen molar-refractivity contribution < 1.29 is 28.4 Å². The van der Waals surface area contributed by atoms with Crippen molar-refractivity contribution in [1.82, 2.24) is 0 Å². The third-order valence-electron chi connectivity index (χ3n) is 4.14. The van der Waals surface area contributed by atoms with Gasteiger partial charge in [-0.25, -0.2) is 0 Å². The molecule has 6 heteroatoms. The normalized spacial score (nSPS) is 42.9. The second-order valence-corrected chi connectivity index (χ2v) is 6.90. The Bertz CT molecular complexity index is 432. The molecule has 0 aromatic heterocycles. The maximum atomic E-state index is 6.09. The summed E-state index contributed by atoms with van der Waals surface area (Å²) in [6.45, 7) is 10.5. The van der Waals surface area contributed by atoms with Gasteiger partial charge in [-0.3, -0.25) is 0 Å². The van der Waals surface area contributed by atoms with Gasteiger partial charge in [-0.05, 0) is 34.6 Å². The van der Waals surface area contributed by atoms with Crippen LogP contribution < -0.4 is 0 Å². The molecule has 3 fully saturated rings. The Hall–Kier alpha value is -0.660.